The van der Waals surface area contributed by atoms with Crippen molar-refractivity contribution in [2.75, 3.05) is 26.7 Å². The summed E-state index contributed by atoms with van der Waals surface area (Å²) < 4.78 is 5.31. The average molecular weight is 325 g/mol. The Morgan fingerprint density at radius 3 is 3.09 bits per heavy atom. The van der Waals surface area contributed by atoms with Gasteiger partial charge in [-0.1, -0.05) is 24.6 Å². The van der Waals surface area contributed by atoms with Crippen LogP contribution in [0, 0.1) is 0 Å². The van der Waals surface area contributed by atoms with E-state index in [1.54, 1.807) is 13.2 Å². The molecule has 6 heteroatoms. The van der Waals surface area contributed by atoms with Gasteiger partial charge in [0.15, 0.2) is 5.96 Å². The number of hydrogen-bond acceptors (Lipinski definition) is 3. The van der Waals surface area contributed by atoms with Crippen LogP contribution in [-0.2, 0) is 6.54 Å². The van der Waals surface area contributed by atoms with Crippen LogP contribution in [0.5, 0.6) is 5.75 Å². The van der Waals surface area contributed by atoms with Gasteiger partial charge in [0.2, 0.25) is 0 Å². The molecule has 1 aliphatic heterocycles. The molecular formula is C16H25ClN4O. The molecule has 1 aliphatic rings. The molecule has 1 aromatic carbocycles. The van der Waals surface area contributed by atoms with Crippen LogP contribution >= 0.6 is 11.6 Å². The van der Waals surface area contributed by atoms with Gasteiger partial charge in [-0.15, -0.1) is 0 Å². The van der Waals surface area contributed by atoms with Crippen molar-refractivity contribution in [2.24, 2.45) is 10.7 Å². The highest BCUT2D eigenvalue weighted by Gasteiger charge is 2.22. The molecule has 1 atom stereocenters. The van der Waals surface area contributed by atoms with Crippen molar-refractivity contribution in [1.29, 1.82) is 0 Å². The van der Waals surface area contributed by atoms with E-state index in [0.717, 1.165) is 24.4 Å². The van der Waals surface area contributed by atoms with E-state index in [-0.39, 0.29) is 0 Å². The number of nitrogens with two attached hydrogens (primary N) is 1. The van der Waals surface area contributed by atoms with Gasteiger partial charge in [-0.2, -0.15) is 0 Å². The predicted octanol–water partition coefficient (Wildman–Crippen LogP) is 2.24. The Kier molecular flexibility index (Phi) is 6.34. The normalized spacial score (nSPS) is 19.4. The number of nitrogens with one attached hydrogen (secondary N) is 1. The van der Waals surface area contributed by atoms with Crippen molar-refractivity contribution in [1.82, 2.24) is 10.2 Å². The van der Waals surface area contributed by atoms with Gasteiger partial charge in [-0.05, 0) is 38.1 Å². The third-order valence-electron chi connectivity index (χ3n) is 4.09. The minimum Gasteiger partial charge on any atom is -0.496 e. The lowest BCUT2D eigenvalue weighted by Gasteiger charge is -2.23. The smallest absolute Gasteiger partial charge is 0.188 e. The summed E-state index contributed by atoms with van der Waals surface area (Å²) in [6.07, 6.45) is 2.48. The highest BCUT2D eigenvalue weighted by Crippen LogP contribution is 2.23. The van der Waals surface area contributed by atoms with Crippen LogP contribution in [-0.4, -0.2) is 43.6 Å². The Morgan fingerprint density at radius 2 is 2.36 bits per heavy atom. The topological polar surface area (TPSA) is 62.9 Å². The first-order chi connectivity index (χ1) is 10.6. The Bertz CT molecular complexity index is 521. The zero-order valence-corrected chi connectivity index (χ0v) is 14.1. The van der Waals surface area contributed by atoms with Crippen molar-refractivity contribution >= 4 is 17.6 Å². The molecule has 1 unspecified atom stereocenters. The molecular weight excluding hydrogens is 300 g/mol. The molecule has 22 heavy (non-hydrogen) atoms. The van der Waals surface area contributed by atoms with Gasteiger partial charge in [0, 0.05) is 23.2 Å². The number of likely N-dealkylation sites (tertiary alicyclic amines) is 1. The van der Waals surface area contributed by atoms with E-state index >= 15 is 0 Å². The third-order valence-corrected chi connectivity index (χ3v) is 4.33. The molecule has 0 bridgehead atoms. The van der Waals surface area contributed by atoms with Gasteiger partial charge < -0.3 is 15.8 Å². The summed E-state index contributed by atoms with van der Waals surface area (Å²) in [5.41, 5.74) is 6.93. The van der Waals surface area contributed by atoms with Crippen LogP contribution < -0.4 is 15.8 Å². The zero-order valence-electron chi connectivity index (χ0n) is 13.3. The molecule has 3 N–H and O–H groups in total. The molecule has 1 aromatic rings. The van der Waals surface area contributed by atoms with Crippen LogP contribution in [0.15, 0.2) is 23.2 Å². The molecule has 5 nitrogen and oxygen atoms in total. The van der Waals surface area contributed by atoms with E-state index in [1.165, 1.54) is 19.4 Å². The monoisotopic (exact) mass is 324 g/mol. The first-order valence-corrected chi connectivity index (χ1v) is 8.12. The Hall–Kier alpha value is -1.46. The Labute approximate surface area is 137 Å². The maximum Gasteiger partial charge on any atom is 0.188 e. The highest BCUT2D eigenvalue weighted by atomic mass is 35.5. The number of benzene rings is 1. The van der Waals surface area contributed by atoms with Crippen molar-refractivity contribution < 1.29 is 4.74 Å². The van der Waals surface area contributed by atoms with Crippen molar-refractivity contribution in [2.45, 2.75) is 32.4 Å². The molecule has 0 saturated carbocycles. The number of hydrogen-bond donors (Lipinski definition) is 2. The van der Waals surface area contributed by atoms with Crippen molar-refractivity contribution in [3.8, 4) is 5.75 Å². The summed E-state index contributed by atoms with van der Waals surface area (Å²) in [6, 6.07) is 6.08. The maximum atomic E-state index is 5.96. The number of likely N-dealkylation sites (N-methyl/N-ethyl adjacent to an activating group) is 1. The highest BCUT2D eigenvalue weighted by molar-refractivity contribution is 6.30. The SMILES string of the molecule is CCN1CCCC1CNC(N)=NCc1ccc(Cl)cc1OC. The van der Waals surface area contributed by atoms with Gasteiger partial charge >= 0.3 is 0 Å². The summed E-state index contributed by atoms with van der Waals surface area (Å²) in [5, 5.41) is 3.88. The lowest BCUT2D eigenvalue weighted by Crippen LogP contribution is -2.42. The summed E-state index contributed by atoms with van der Waals surface area (Å²) in [7, 11) is 1.62. The number of methoxy groups -OCH3 is 1. The fraction of sp³-hybridized carbons (Fsp3) is 0.562. The number of halogens is 1. The van der Waals surface area contributed by atoms with Crippen molar-refractivity contribution in [3.63, 3.8) is 0 Å². The Morgan fingerprint density at radius 1 is 1.55 bits per heavy atom. The van der Waals surface area contributed by atoms with Gasteiger partial charge in [0.05, 0.1) is 13.7 Å². The number of ether oxygens (including phenoxy) is 1. The number of nitrogens with zero attached hydrogens (tertiary/aromatic N) is 2. The largest absolute Gasteiger partial charge is 0.496 e. The van der Waals surface area contributed by atoms with Gasteiger partial charge in [-0.3, -0.25) is 4.90 Å². The van der Waals surface area contributed by atoms with Gasteiger partial charge in [0.25, 0.3) is 0 Å². The Balaban J connectivity index is 1.87. The van der Waals surface area contributed by atoms with Crippen LogP contribution in [0.1, 0.15) is 25.3 Å². The average Bonchev–Trinajstić information content (AvgIpc) is 2.99. The number of aliphatic imine (C=N–C) groups is 1. The summed E-state index contributed by atoms with van der Waals surface area (Å²) in [5.74, 6) is 1.21. The summed E-state index contributed by atoms with van der Waals surface area (Å²) >= 11 is 5.95. The van der Waals surface area contributed by atoms with Crippen molar-refractivity contribution in [3.05, 3.63) is 28.8 Å². The number of rotatable bonds is 6. The molecule has 0 aliphatic carbocycles. The number of guanidine groups is 1. The molecule has 0 amide bonds. The predicted molar refractivity (Wildman–Crippen MR) is 91.6 cm³/mol. The van der Waals surface area contributed by atoms with Crippen LogP contribution in [0.25, 0.3) is 0 Å². The molecule has 0 spiro atoms. The van der Waals surface area contributed by atoms with E-state index in [4.69, 9.17) is 22.1 Å². The standard InChI is InChI=1S/C16H25ClN4O/c1-3-21-8-4-5-14(21)11-20-16(18)19-10-12-6-7-13(17)9-15(12)22-2/h6-7,9,14H,3-5,8,10-11H2,1-2H3,(H3,18,19,20). The van der Waals surface area contributed by atoms with E-state index in [9.17, 15) is 0 Å². The first kappa shape index (κ1) is 16.9. The quantitative estimate of drug-likeness (QED) is 0.622. The fourth-order valence-corrected chi connectivity index (χ4v) is 3.00. The summed E-state index contributed by atoms with van der Waals surface area (Å²) in [6.45, 7) is 5.79. The molecule has 0 radical (unpaired) electrons. The molecule has 122 valence electrons. The van der Waals surface area contributed by atoms with E-state index in [2.05, 4.69) is 22.1 Å². The van der Waals surface area contributed by atoms with Gasteiger partial charge in [0.1, 0.15) is 5.75 Å². The molecule has 1 heterocycles. The third kappa shape index (κ3) is 4.52. The van der Waals surface area contributed by atoms with Crippen LogP contribution in [0.2, 0.25) is 5.02 Å². The minimum absolute atomic E-state index is 0.472. The first-order valence-electron chi connectivity index (χ1n) is 7.74. The summed E-state index contributed by atoms with van der Waals surface area (Å²) in [4.78, 5) is 6.86. The second-order valence-corrected chi connectivity index (χ2v) is 5.90. The fourth-order valence-electron chi connectivity index (χ4n) is 2.84. The lowest BCUT2D eigenvalue weighted by atomic mass is 10.2. The molecule has 2 rings (SSSR count). The van der Waals surface area contributed by atoms with E-state index in [0.29, 0.717) is 23.6 Å². The second kappa shape index (κ2) is 8.25. The van der Waals surface area contributed by atoms with E-state index in [1.807, 2.05) is 12.1 Å². The molecule has 1 fully saturated rings. The molecule has 1 saturated heterocycles. The maximum absolute atomic E-state index is 5.96. The van der Waals surface area contributed by atoms with Crippen LogP contribution in [0.4, 0.5) is 0 Å². The minimum atomic E-state index is 0.472. The van der Waals surface area contributed by atoms with E-state index < -0.39 is 0 Å². The van der Waals surface area contributed by atoms with Crippen LogP contribution in [0.3, 0.4) is 0 Å². The lowest BCUT2D eigenvalue weighted by molar-refractivity contribution is 0.267. The second-order valence-electron chi connectivity index (χ2n) is 5.46. The zero-order chi connectivity index (χ0) is 15.9. The van der Waals surface area contributed by atoms with Gasteiger partial charge in [-0.25, -0.2) is 4.99 Å². The molecule has 0 aromatic heterocycles.